The van der Waals surface area contributed by atoms with Crippen molar-refractivity contribution in [3.05, 3.63) is 34.3 Å². The predicted molar refractivity (Wildman–Crippen MR) is 89.0 cm³/mol. The number of rotatable bonds is 8. The normalized spacial score (nSPS) is 13.8. The van der Waals surface area contributed by atoms with Crippen LogP contribution in [0.5, 0.6) is 0 Å². The Morgan fingerprint density at radius 2 is 2.10 bits per heavy atom. The number of nitrogens with zero attached hydrogens (tertiary/aromatic N) is 1. The van der Waals surface area contributed by atoms with Crippen LogP contribution in [0.3, 0.4) is 0 Å². The Balaban J connectivity index is 2.60. The van der Waals surface area contributed by atoms with Gasteiger partial charge in [-0.15, -0.1) is 0 Å². The van der Waals surface area contributed by atoms with Crippen molar-refractivity contribution < 1.29 is 5.11 Å². The van der Waals surface area contributed by atoms with Gasteiger partial charge in [-0.1, -0.05) is 35.0 Å². The van der Waals surface area contributed by atoms with Crippen molar-refractivity contribution in [1.29, 1.82) is 0 Å². The molecule has 0 saturated carbocycles. The Morgan fingerprint density at radius 3 is 2.60 bits per heavy atom. The molecule has 0 fully saturated rings. The van der Waals surface area contributed by atoms with Gasteiger partial charge in [0.2, 0.25) is 0 Å². The minimum atomic E-state index is -0.638. The van der Waals surface area contributed by atoms with Crippen LogP contribution in [0.25, 0.3) is 0 Å². The van der Waals surface area contributed by atoms with Gasteiger partial charge in [0, 0.05) is 23.6 Å². The quantitative estimate of drug-likeness (QED) is 0.761. The summed E-state index contributed by atoms with van der Waals surface area (Å²) < 4.78 is 1.11. The molecule has 0 saturated heterocycles. The first-order chi connectivity index (χ1) is 9.35. The molecule has 20 heavy (non-hydrogen) atoms. The van der Waals surface area contributed by atoms with Crippen molar-refractivity contribution >= 4 is 15.9 Å². The largest absolute Gasteiger partial charge is 0.389 e. The van der Waals surface area contributed by atoms with Crippen LogP contribution in [0.1, 0.15) is 38.8 Å². The van der Waals surface area contributed by atoms with E-state index in [1.165, 1.54) is 5.56 Å². The minimum absolute atomic E-state index is 0.336. The average molecular weight is 343 g/mol. The molecule has 0 aliphatic rings. The molecule has 1 atom stereocenters. The van der Waals surface area contributed by atoms with Crippen LogP contribution in [0.2, 0.25) is 0 Å². The van der Waals surface area contributed by atoms with E-state index in [9.17, 15) is 5.11 Å². The van der Waals surface area contributed by atoms with Gasteiger partial charge in [-0.3, -0.25) is 0 Å². The molecule has 1 unspecified atom stereocenters. The highest BCUT2D eigenvalue weighted by molar-refractivity contribution is 9.10. The van der Waals surface area contributed by atoms with Crippen molar-refractivity contribution in [3.63, 3.8) is 0 Å². The van der Waals surface area contributed by atoms with E-state index in [-0.39, 0.29) is 0 Å². The standard InChI is InChI=1S/C16H27BrN2O/c1-5-19(12-16(2,3)20)10-9-15(18-4)13-7-6-8-14(17)11-13/h6-8,11,15,18,20H,5,9-10,12H2,1-4H3. The molecule has 0 aromatic heterocycles. The van der Waals surface area contributed by atoms with Gasteiger partial charge in [0.15, 0.2) is 0 Å². The third-order valence-corrected chi connectivity index (χ3v) is 3.88. The summed E-state index contributed by atoms with van der Waals surface area (Å²) in [6.45, 7) is 8.49. The highest BCUT2D eigenvalue weighted by Gasteiger charge is 2.18. The van der Waals surface area contributed by atoms with Crippen LogP contribution in [0, 0.1) is 0 Å². The fourth-order valence-corrected chi connectivity index (χ4v) is 2.83. The molecule has 0 aliphatic heterocycles. The number of halogens is 1. The zero-order chi connectivity index (χ0) is 15.2. The third kappa shape index (κ3) is 6.35. The average Bonchev–Trinajstić information content (AvgIpc) is 2.36. The number of hydrogen-bond acceptors (Lipinski definition) is 3. The Morgan fingerprint density at radius 1 is 1.40 bits per heavy atom. The zero-order valence-corrected chi connectivity index (χ0v) is 14.6. The van der Waals surface area contributed by atoms with Gasteiger partial charge in [0.25, 0.3) is 0 Å². The molecule has 1 aromatic carbocycles. The molecule has 1 aromatic rings. The number of nitrogens with one attached hydrogen (secondary N) is 1. The van der Waals surface area contributed by atoms with Crippen molar-refractivity contribution in [3.8, 4) is 0 Å². The molecule has 0 bridgehead atoms. The summed E-state index contributed by atoms with van der Waals surface area (Å²) in [4.78, 5) is 2.29. The van der Waals surface area contributed by atoms with E-state index in [1.54, 1.807) is 0 Å². The van der Waals surface area contributed by atoms with Crippen LogP contribution in [0.15, 0.2) is 28.7 Å². The Kier molecular flexibility index (Phi) is 7.17. The van der Waals surface area contributed by atoms with Gasteiger partial charge >= 0.3 is 0 Å². The van der Waals surface area contributed by atoms with Gasteiger partial charge in [-0.25, -0.2) is 0 Å². The first-order valence-electron chi connectivity index (χ1n) is 7.23. The van der Waals surface area contributed by atoms with Crippen molar-refractivity contribution in [2.24, 2.45) is 0 Å². The third-order valence-electron chi connectivity index (χ3n) is 3.39. The van der Waals surface area contributed by atoms with Crippen LogP contribution in [-0.4, -0.2) is 42.3 Å². The first-order valence-corrected chi connectivity index (χ1v) is 8.02. The van der Waals surface area contributed by atoms with E-state index in [0.717, 1.165) is 24.0 Å². The molecule has 1 rings (SSSR count). The lowest BCUT2D eigenvalue weighted by molar-refractivity contribution is 0.0367. The van der Waals surface area contributed by atoms with E-state index < -0.39 is 5.60 Å². The molecule has 2 N–H and O–H groups in total. The van der Waals surface area contributed by atoms with E-state index in [4.69, 9.17) is 0 Å². The van der Waals surface area contributed by atoms with E-state index in [0.29, 0.717) is 12.6 Å². The molecule has 0 aliphatic carbocycles. The number of hydrogen-bond donors (Lipinski definition) is 2. The van der Waals surface area contributed by atoms with Crippen LogP contribution < -0.4 is 5.32 Å². The highest BCUT2D eigenvalue weighted by Crippen LogP contribution is 2.21. The fraction of sp³-hybridized carbons (Fsp3) is 0.625. The molecule has 114 valence electrons. The summed E-state index contributed by atoms with van der Waals surface area (Å²) >= 11 is 3.52. The summed E-state index contributed by atoms with van der Waals surface area (Å²) in [7, 11) is 2.00. The lowest BCUT2D eigenvalue weighted by atomic mass is 10.0. The van der Waals surface area contributed by atoms with Crippen LogP contribution in [-0.2, 0) is 0 Å². The maximum atomic E-state index is 9.93. The van der Waals surface area contributed by atoms with Crippen LogP contribution in [0.4, 0.5) is 0 Å². The maximum Gasteiger partial charge on any atom is 0.0718 e. The molecule has 3 nitrogen and oxygen atoms in total. The highest BCUT2D eigenvalue weighted by atomic mass is 79.9. The molecule has 0 spiro atoms. The lowest BCUT2D eigenvalue weighted by Crippen LogP contribution is -2.39. The molecule has 0 heterocycles. The fourth-order valence-electron chi connectivity index (χ4n) is 2.41. The molecule has 4 heteroatoms. The summed E-state index contributed by atoms with van der Waals surface area (Å²) in [5.41, 5.74) is 0.655. The predicted octanol–water partition coefficient (Wildman–Crippen LogP) is 3.19. The van der Waals surface area contributed by atoms with Gasteiger partial charge < -0.3 is 15.3 Å². The van der Waals surface area contributed by atoms with Crippen LogP contribution >= 0.6 is 15.9 Å². The summed E-state index contributed by atoms with van der Waals surface area (Å²) in [5.74, 6) is 0. The maximum absolute atomic E-state index is 9.93. The topological polar surface area (TPSA) is 35.5 Å². The number of benzene rings is 1. The Bertz CT molecular complexity index is 404. The van der Waals surface area contributed by atoms with Gasteiger partial charge in [0.1, 0.15) is 0 Å². The monoisotopic (exact) mass is 342 g/mol. The van der Waals surface area contributed by atoms with Gasteiger partial charge in [-0.05, 0) is 51.6 Å². The van der Waals surface area contributed by atoms with Crippen molar-refractivity contribution in [2.45, 2.75) is 38.8 Å². The Labute approximate surface area is 131 Å². The second-order valence-corrected chi connectivity index (χ2v) is 6.78. The molecule has 0 radical (unpaired) electrons. The molecule has 0 amide bonds. The SMILES string of the molecule is CCN(CCC(NC)c1cccc(Br)c1)CC(C)(C)O. The summed E-state index contributed by atoms with van der Waals surface area (Å²) in [5, 5.41) is 13.3. The van der Waals surface area contributed by atoms with E-state index in [2.05, 4.69) is 51.3 Å². The second kappa shape index (κ2) is 8.13. The lowest BCUT2D eigenvalue weighted by Gasteiger charge is -2.29. The molecular formula is C16H27BrN2O. The van der Waals surface area contributed by atoms with E-state index in [1.807, 2.05) is 27.0 Å². The van der Waals surface area contributed by atoms with Gasteiger partial charge in [-0.2, -0.15) is 0 Å². The van der Waals surface area contributed by atoms with Crippen molar-refractivity contribution in [1.82, 2.24) is 10.2 Å². The minimum Gasteiger partial charge on any atom is -0.389 e. The molecular weight excluding hydrogens is 316 g/mol. The van der Waals surface area contributed by atoms with E-state index >= 15 is 0 Å². The zero-order valence-electron chi connectivity index (χ0n) is 13.0. The van der Waals surface area contributed by atoms with Gasteiger partial charge in [0.05, 0.1) is 5.60 Å². The Hall–Kier alpha value is -0.420. The smallest absolute Gasteiger partial charge is 0.0718 e. The first kappa shape index (κ1) is 17.6. The summed E-state index contributed by atoms with van der Waals surface area (Å²) in [6, 6.07) is 8.76. The summed E-state index contributed by atoms with van der Waals surface area (Å²) in [6.07, 6.45) is 1.02. The number of likely N-dealkylation sites (N-methyl/N-ethyl adjacent to an activating group) is 1. The second-order valence-electron chi connectivity index (χ2n) is 5.87. The van der Waals surface area contributed by atoms with Crippen molar-refractivity contribution in [2.75, 3.05) is 26.7 Å². The number of aliphatic hydroxyl groups is 1.